The molecular formula is C57H33N5S. The van der Waals surface area contributed by atoms with Gasteiger partial charge in [0.15, 0.2) is 11.6 Å². The summed E-state index contributed by atoms with van der Waals surface area (Å²) < 4.78 is 7.25. The lowest BCUT2D eigenvalue weighted by Gasteiger charge is -2.15. The number of hydrogen-bond donors (Lipinski definition) is 0. The lowest BCUT2D eigenvalue weighted by molar-refractivity contribution is 0.954. The number of fused-ring (bicyclic) bond motifs is 15. The van der Waals surface area contributed by atoms with E-state index in [9.17, 15) is 0 Å². The molecule has 0 saturated heterocycles. The van der Waals surface area contributed by atoms with E-state index in [1.165, 1.54) is 58.9 Å². The van der Waals surface area contributed by atoms with Crippen LogP contribution in [0.3, 0.4) is 0 Å². The average Bonchev–Trinajstić information content (AvgIpc) is 3.99. The molecule has 13 aromatic rings. The lowest BCUT2D eigenvalue weighted by Crippen LogP contribution is -2.07. The summed E-state index contributed by atoms with van der Waals surface area (Å²) in [5, 5.41) is 7.02. The summed E-state index contributed by atoms with van der Waals surface area (Å²) in [5.74, 6) is 1.82. The number of rotatable bonds is 4. The van der Waals surface area contributed by atoms with Crippen molar-refractivity contribution in [1.82, 2.24) is 24.1 Å². The Labute approximate surface area is 365 Å². The number of nitrogens with zero attached hydrogens (tertiary/aromatic N) is 5. The van der Waals surface area contributed by atoms with Crippen molar-refractivity contribution in [3.05, 3.63) is 200 Å². The van der Waals surface area contributed by atoms with E-state index in [2.05, 4.69) is 209 Å². The number of hydrogen-bond acceptors (Lipinski definition) is 4. The van der Waals surface area contributed by atoms with Crippen LogP contribution in [0.4, 0.5) is 0 Å². The minimum Gasteiger partial charge on any atom is -0.306 e. The molecule has 4 aromatic heterocycles. The predicted molar refractivity (Wildman–Crippen MR) is 262 cm³/mol. The Bertz CT molecular complexity index is 4020. The van der Waals surface area contributed by atoms with Gasteiger partial charge in [-0.1, -0.05) is 176 Å². The Morgan fingerprint density at radius 3 is 1.73 bits per heavy atom. The normalized spacial score (nSPS) is 12.1. The van der Waals surface area contributed by atoms with Crippen molar-refractivity contribution in [3.8, 4) is 67.8 Å². The number of thiophene rings is 1. The Hall–Kier alpha value is -8.19. The molecular weight excluding hydrogens is 787 g/mol. The second-order valence-electron chi connectivity index (χ2n) is 16.3. The largest absolute Gasteiger partial charge is 0.306 e. The van der Waals surface area contributed by atoms with Crippen molar-refractivity contribution in [1.29, 1.82) is 0 Å². The third kappa shape index (κ3) is 4.95. The molecule has 14 rings (SSSR count). The molecule has 0 aliphatic carbocycles. The van der Waals surface area contributed by atoms with Crippen molar-refractivity contribution < 1.29 is 0 Å². The fraction of sp³-hybridized carbons (Fsp3) is 0. The molecule has 0 fully saturated rings. The lowest BCUT2D eigenvalue weighted by atomic mass is 9.94. The molecule has 0 spiro atoms. The van der Waals surface area contributed by atoms with Crippen LogP contribution in [0.2, 0.25) is 0 Å². The fourth-order valence-corrected chi connectivity index (χ4v) is 11.4. The SMILES string of the molecule is c1ccc(-c2ccc(-c3nc(-c4cccc5sc6ccccc6c45)nc(-n4c5ccccc5c5ccc6c7cccc8c7n(c6c54)-c4ccccc4-c4ccccc4-8)n3)cc2)cc1. The zero-order valence-electron chi connectivity index (χ0n) is 33.7. The molecule has 63 heavy (non-hydrogen) atoms. The van der Waals surface area contributed by atoms with Gasteiger partial charge in [0.2, 0.25) is 5.95 Å². The highest BCUT2D eigenvalue weighted by atomic mass is 32.1. The molecule has 0 saturated carbocycles. The summed E-state index contributed by atoms with van der Waals surface area (Å²) in [6.07, 6.45) is 0. The summed E-state index contributed by atoms with van der Waals surface area (Å²) in [6.45, 7) is 0. The van der Waals surface area contributed by atoms with Crippen LogP contribution in [0, 0.1) is 0 Å². The van der Waals surface area contributed by atoms with E-state index in [1.807, 2.05) is 0 Å². The first-order chi connectivity index (χ1) is 31.3. The van der Waals surface area contributed by atoms with Crippen LogP contribution in [0.15, 0.2) is 200 Å². The van der Waals surface area contributed by atoms with Gasteiger partial charge in [-0.2, -0.15) is 9.97 Å². The summed E-state index contributed by atoms with van der Waals surface area (Å²) in [6, 6.07) is 71.9. The quantitative estimate of drug-likeness (QED) is 0.178. The van der Waals surface area contributed by atoms with E-state index in [1.54, 1.807) is 11.3 Å². The van der Waals surface area contributed by atoms with E-state index in [-0.39, 0.29) is 0 Å². The number of para-hydroxylation sites is 3. The Kier molecular flexibility index (Phi) is 7.21. The van der Waals surface area contributed by atoms with Crippen molar-refractivity contribution in [2.45, 2.75) is 0 Å². The van der Waals surface area contributed by atoms with Gasteiger partial charge in [-0.15, -0.1) is 11.3 Å². The molecule has 0 N–H and O–H groups in total. The van der Waals surface area contributed by atoms with E-state index in [4.69, 9.17) is 15.0 Å². The van der Waals surface area contributed by atoms with Gasteiger partial charge in [0.1, 0.15) is 0 Å². The molecule has 9 aromatic carbocycles. The van der Waals surface area contributed by atoms with Crippen LogP contribution in [-0.2, 0) is 0 Å². The van der Waals surface area contributed by atoms with Gasteiger partial charge < -0.3 is 4.57 Å². The Balaban J connectivity index is 1.12. The Morgan fingerprint density at radius 2 is 0.873 bits per heavy atom. The zero-order chi connectivity index (χ0) is 41.2. The van der Waals surface area contributed by atoms with Crippen LogP contribution >= 0.6 is 11.3 Å². The van der Waals surface area contributed by atoms with Crippen molar-refractivity contribution in [2.75, 3.05) is 0 Å². The van der Waals surface area contributed by atoms with Crippen LogP contribution in [0.5, 0.6) is 0 Å². The van der Waals surface area contributed by atoms with Crippen LogP contribution in [0.25, 0.3) is 132 Å². The third-order valence-electron chi connectivity index (χ3n) is 13.0. The van der Waals surface area contributed by atoms with Crippen LogP contribution in [-0.4, -0.2) is 24.1 Å². The maximum Gasteiger partial charge on any atom is 0.238 e. The van der Waals surface area contributed by atoms with Crippen molar-refractivity contribution >= 4 is 75.1 Å². The Morgan fingerprint density at radius 1 is 0.317 bits per heavy atom. The van der Waals surface area contributed by atoms with Gasteiger partial charge in [-0.25, -0.2) is 4.98 Å². The predicted octanol–water partition coefficient (Wildman–Crippen LogP) is 15.1. The molecule has 1 aliphatic heterocycles. The molecule has 0 atom stereocenters. The van der Waals surface area contributed by atoms with Gasteiger partial charge in [-0.3, -0.25) is 4.57 Å². The molecule has 5 heterocycles. The highest BCUT2D eigenvalue weighted by Gasteiger charge is 2.28. The molecule has 292 valence electrons. The molecule has 0 radical (unpaired) electrons. The molecule has 6 heteroatoms. The number of aromatic nitrogens is 5. The van der Waals surface area contributed by atoms with Crippen LogP contribution in [0.1, 0.15) is 0 Å². The van der Waals surface area contributed by atoms with Crippen molar-refractivity contribution in [3.63, 3.8) is 0 Å². The van der Waals surface area contributed by atoms with Gasteiger partial charge in [0, 0.05) is 64.0 Å². The fourth-order valence-electron chi connectivity index (χ4n) is 10.2. The second-order valence-corrected chi connectivity index (χ2v) is 17.4. The highest BCUT2D eigenvalue weighted by Crippen LogP contribution is 2.49. The first-order valence-electron chi connectivity index (χ1n) is 21.3. The first kappa shape index (κ1) is 34.5. The van der Waals surface area contributed by atoms with Gasteiger partial charge in [-0.05, 0) is 46.5 Å². The molecule has 0 bridgehead atoms. The van der Waals surface area contributed by atoms with E-state index in [0.29, 0.717) is 17.6 Å². The summed E-state index contributed by atoms with van der Waals surface area (Å²) in [4.78, 5) is 16.4. The van der Waals surface area contributed by atoms with E-state index < -0.39 is 0 Å². The topological polar surface area (TPSA) is 48.5 Å². The molecule has 0 amide bonds. The smallest absolute Gasteiger partial charge is 0.238 e. The van der Waals surface area contributed by atoms with Gasteiger partial charge in [0.25, 0.3) is 0 Å². The second kappa shape index (κ2) is 13.2. The third-order valence-corrected chi connectivity index (χ3v) is 14.1. The molecule has 1 aliphatic rings. The summed E-state index contributed by atoms with van der Waals surface area (Å²) in [5.41, 5.74) is 14.6. The number of benzene rings is 9. The monoisotopic (exact) mass is 819 g/mol. The minimum absolute atomic E-state index is 0.570. The maximum absolute atomic E-state index is 5.55. The average molecular weight is 820 g/mol. The summed E-state index contributed by atoms with van der Waals surface area (Å²) >= 11 is 1.80. The van der Waals surface area contributed by atoms with Gasteiger partial charge >= 0.3 is 0 Å². The van der Waals surface area contributed by atoms with Crippen LogP contribution < -0.4 is 0 Å². The molecule has 5 nitrogen and oxygen atoms in total. The van der Waals surface area contributed by atoms with E-state index in [0.717, 1.165) is 55.1 Å². The first-order valence-corrected chi connectivity index (χ1v) is 22.1. The maximum atomic E-state index is 5.55. The zero-order valence-corrected chi connectivity index (χ0v) is 34.5. The van der Waals surface area contributed by atoms with E-state index >= 15 is 0 Å². The van der Waals surface area contributed by atoms with Gasteiger partial charge in [0.05, 0.1) is 27.8 Å². The standard InChI is InChI=1S/C57H33N5S/c1-2-14-34(15-3-1)35-28-30-36(31-29-35)55-58-56(46-23-13-27-50-51(46)45-20-8-11-26-49(45)63-50)60-57(59-55)62-48-25-10-7-19-40(48)43-32-33-44-42-22-12-21-41-38-17-5-4-16-37(38)39-18-6-9-24-47(39)61(52(41)42)53(44)54(43)62/h1-33H. The minimum atomic E-state index is 0.570. The highest BCUT2D eigenvalue weighted by molar-refractivity contribution is 7.25. The van der Waals surface area contributed by atoms with Crippen molar-refractivity contribution in [2.24, 2.45) is 0 Å². The molecule has 0 unspecified atom stereocenters. The summed E-state index contributed by atoms with van der Waals surface area (Å²) in [7, 11) is 0.